The Morgan fingerprint density at radius 2 is 2.15 bits per heavy atom. The minimum Gasteiger partial charge on any atom is -0.375 e. The van der Waals surface area contributed by atoms with Gasteiger partial charge in [-0.1, -0.05) is 0 Å². The number of anilines is 1. The Kier molecular flexibility index (Phi) is 5.38. The maximum Gasteiger partial charge on any atom is 0.321 e. The van der Waals surface area contributed by atoms with Crippen molar-refractivity contribution in [3.63, 3.8) is 0 Å². The highest BCUT2D eigenvalue weighted by molar-refractivity contribution is 7.18. The maximum absolute atomic E-state index is 12.8. The van der Waals surface area contributed by atoms with Gasteiger partial charge in [-0.25, -0.2) is 9.78 Å². The van der Waals surface area contributed by atoms with Gasteiger partial charge in [0.25, 0.3) is 0 Å². The monoisotopic (exact) mass is 374 g/mol. The van der Waals surface area contributed by atoms with E-state index in [1.807, 2.05) is 30.0 Å². The average Bonchev–Trinajstić information content (AvgIpc) is 3.18. The summed E-state index contributed by atoms with van der Waals surface area (Å²) in [6, 6.07) is 5.88. The molecule has 2 fully saturated rings. The van der Waals surface area contributed by atoms with Crippen LogP contribution in [0.5, 0.6) is 0 Å². The minimum atomic E-state index is -0.0479. The molecule has 1 atom stereocenters. The predicted molar refractivity (Wildman–Crippen MR) is 105 cm³/mol. The number of hydrogen-bond acceptors (Lipinski definition) is 5. The fourth-order valence-electron chi connectivity index (χ4n) is 3.77. The molecule has 1 N–H and O–H groups in total. The van der Waals surface area contributed by atoms with E-state index in [0.29, 0.717) is 6.54 Å². The van der Waals surface area contributed by atoms with E-state index >= 15 is 0 Å². The number of nitrogens with one attached hydrogen (secondary N) is 1. The first-order chi connectivity index (χ1) is 12.7. The Bertz CT molecular complexity index is 772. The number of rotatable bonds is 3. The molecule has 2 aromatic rings. The van der Waals surface area contributed by atoms with Crippen LogP contribution in [0.3, 0.4) is 0 Å². The number of aromatic nitrogens is 1. The Hall–Kier alpha value is -1.70. The zero-order chi connectivity index (χ0) is 17.9. The van der Waals surface area contributed by atoms with Gasteiger partial charge in [-0.3, -0.25) is 0 Å². The van der Waals surface area contributed by atoms with Crippen LogP contribution in [-0.2, 0) is 4.74 Å². The number of carbonyl (C=O) groups excluding carboxylic acids is 1. The zero-order valence-corrected chi connectivity index (χ0v) is 16.1. The Morgan fingerprint density at radius 3 is 3.00 bits per heavy atom. The van der Waals surface area contributed by atoms with Gasteiger partial charge in [-0.2, -0.15) is 0 Å². The Balaban J connectivity index is 1.39. The van der Waals surface area contributed by atoms with Crippen molar-refractivity contribution in [1.82, 2.24) is 14.8 Å². The summed E-state index contributed by atoms with van der Waals surface area (Å²) in [4.78, 5) is 21.6. The van der Waals surface area contributed by atoms with E-state index in [2.05, 4.69) is 15.2 Å². The normalized spacial score (nSPS) is 21.9. The molecule has 1 aromatic carbocycles. The molecule has 7 heteroatoms. The van der Waals surface area contributed by atoms with Crippen LogP contribution in [-0.4, -0.2) is 66.2 Å². The lowest BCUT2D eigenvalue weighted by atomic mass is 10.3. The molecular weight excluding hydrogens is 348 g/mol. The quantitative estimate of drug-likeness (QED) is 0.895. The number of likely N-dealkylation sites (tertiary alicyclic amines) is 1. The van der Waals surface area contributed by atoms with Crippen molar-refractivity contribution in [3.8, 4) is 0 Å². The molecule has 26 heavy (non-hydrogen) atoms. The number of aryl methyl sites for hydroxylation is 1. The van der Waals surface area contributed by atoms with Gasteiger partial charge in [-0.05, 0) is 57.5 Å². The van der Waals surface area contributed by atoms with Gasteiger partial charge in [0.2, 0.25) is 0 Å². The summed E-state index contributed by atoms with van der Waals surface area (Å²) in [7, 11) is 0. The lowest BCUT2D eigenvalue weighted by molar-refractivity contribution is 0.0355. The molecule has 1 aromatic heterocycles. The van der Waals surface area contributed by atoms with Crippen LogP contribution in [0.4, 0.5) is 10.5 Å². The molecule has 140 valence electrons. The SMILES string of the molecule is Cc1nc2cc(NC(=O)N3CCCOC(CN4CCCC4)C3)ccc2s1. The van der Waals surface area contributed by atoms with Crippen LogP contribution in [0.25, 0.3) is 10.2 Å². The van der Waals surface area contributed by atoms with E-state index in [1.165, 1.54) is 12.8 Å². The number of amides is 2. The van der Waals surface area contributed by atoms with Crippen molar-refractivity contribution in [3.05, 3.63) is 23.2 Å². The average molecular weight is 375 g/mol. The molecule has 0 aliphatic carbocycles. The zero-order valence-electron chi connectivity index (χ0n) is 15.2. The maximum atomic E-state index is 12.8. The molecule has 0 saturated carbocycles. The standard InChI is InChI=1S/C19H26N4O2S/c1-14-20-17-11-15(5-6-18(17)26-14)21-19(24)23-9-4-10-25-16(13-23)12-22-7-2-3-8-22/h5-6,11,16H,2-4,7-10,12-13H2,1H3,(H,21,24). The first-order valence-electron chi connectivity index (χ1n) is 9.44. The second kappa shape index (κ2) is 7.90. The van der Waals surface area contributed by atoms with Crippen molar-refractivity contribution in [1.29, 1.82) is 0 Å². The summed E-state index contributed by atoms with van der Waals surface area (Å²) < 4.78 is 7.13. The van der Waals surface area contributed by atoms with E-state index in [1.54, 1.807) is 11.3 Å². The molecule has 2 saturated heterocycles. The summed E-state index contributed by atoms with van der Waals surface area (Å²) in [6.45, 7) is 7.35. The lowest BCUT2D eigenvalue weighted by Crippen LogP contribution is -2.43. The molecule has 0 radical (unpaired) electrons. The van der Waals surface area contributed by atoms with Crippen LogP contribution in [0.15, 0.2) is 18.2 Å². The summed E-state index contributed by atoms with van der Waals surface area (Å²) >= 11 is 1.67. The van der Waals surface area contributed by atoms with Crippen molar-refractivity contribution >= 4 is 33.3 Å². The number of benzene rings is 1. The number of ether oxygens (including phenoxy) is 1. The van der Waals surface area contributed by atoms with E-state index in [0.717, 1.165) is 60.1 Å². The molecule has 0 spiro atoms. The first-order valence-corrected chi connectivity index (χ1v) is 10.3. The molecule has 6 nitrogen and oxygen atoms in total. The molecule has 2 aliphatic rings. The number of carbonyl (C=O) groups is 1. The molecule has 2 amide bonds. The van der Waals surface area contributed by atoms with E-state index < -0.39 is 0 Å². The minimum absolute atomic E-state index is 0.0479. The number of fused-ring (bicyclic) bond motifs is 1. The summed E-state index contributed by atoms with van der Waals surface area (Å²) in [5.41, 5.74) is 1.74. The predicted octanol–water partition coefficient (Wildman–Crippen LogP) is 3.32. The molecule has 1 unspecified atom stereocenters. The van der Waals surface area contributed by atoms with Crippen molar-refractivity contribution in [2.45, 2.75) is 32.3 Å². The fraction of sp³-hybridized carbons (Fsp3) is 0.579. The number of thiazole rings is 1. The third kappa shape index (κ3) is 4.16. The van der Waals surface area contributed by atoms with E-state index in [-0.39, 0.29) is 12.1 Å². The van der Waals surface area contributed by atoms with E-state index in [4.69, 9.17) is 4.74 Å². The van der Waals surface area contributed by atoms with Gasteiger partial charge >= 0.3 is 6.03 Å². The smallest absolute Gasteiger partial charge is 0.321 e. The van der Waals surface area contributed by atoms with Gasteiger partial charge in [0.15, 0.2) is 0 Å². The summed E-state index contributed by atoms with van der Waals surface area (Å²) in [6.07, 6.45) is 3.53. The van der Waals surface area contributed by atoms with E-state index in [9.17, 15) is 4.79 Å². The number of nitrogens with zero attached hydrogens (tertiary/aromatic N) is 3. The topological polar surface area (TPSA) is 57.7 Å². The third-order valence-corrected chi connectivity index (χ3v) is 6.00. The van der Waals surface area contributed by atoms with Crippen LogP contribution in [0.2, 0.25) is 0 Å². The van der Waals surface area contributed by atoms with Crippen molar-refractivity contribution in [2.75, 3.05) is 44.6 Å². The van der Waals surface area contributed by atoms with Crippen molar-refractivity contribution < 1.29 is 9.53 Å². The highest BCUT2D eigenvalue weighted by atomic mass is 32.1. The molecule has 2 aliphatic heterocycles. The van der Waals surface area contributed by atoms with Crippen LogP contribution >= 0.6 is 11.3 Å². The molecule has 0 bridgehead atoms. The van der Waals surface area contributed by atoms with Gasteiger partial charge in [-0.15, -0.1) is 11.3 Å². The van der Waals surface area contributed by atoms with Crippen LogP contribution < -0.4 is 5.32 Å². The van der Waals surface area contributed by atoms with Gasteiger partial charge < -0.3 is 19.9 Å². The summed E-state index contributed by atoms with van der Waals surface area (Å²) in [5, 5.41) is 4.08. The highest BCUT2D eigenvalue weighted by Gasteiger charge is 2.25. The largest absolute Gasteiger partial charge is 0.375 e. The highest BCUT2D eigenvalue weighted by Crippen LogP contribution is 2.24. The number of hydrogen-bond donors (Lipinski definition) is 1. The first kappa shape index (κ1) is 17.7. The van der Waals surface area contributed by atoms with Crippen molar-refractivity contribution in [2.24, 2.45) is 0 Å². The Labute approximate surface area is 158 Å². The van der Waals surface area contributed by atoms with Gasteiger partial charge in [0.05, 0.1) is 21.3 Å². The molecule has 3 heterocycles. The number of urea groups is 1. The molecule has 4 rings (SSSR count). The van der Waals surface area contributed by atoms with Crippen LogP contribution in [0, 0.1) is 6.92 Å². The fourth-order valence-corrected chi connectivity index (χ4v) is 4.57. The van der Waals surface area contributed by atoms with Crippen LogP contribution in [0.1, 0.15) is 24.3 Å². The summed E-state index contributed by atoms with van der Waals surface area (Å²) in [5.74, 6) is 0. The lowest BCUT2D eigenvalue weighted by Gasteiger charge is -2.27. The van der Waals surface area contributed by atoms with Gasteiger partial charge in [0.1, 0.15) is 0 Å². The molecular formula is C19H26N4O2S. The van der Waals surface area contributed by atoms with Gasteiger partial charge in [0, 0.05) is 31.9 Å². The Morgan fingerprint density at radius 1 is 1.31 bits per heavy atom. The third-order valence-electron chi connectivity index (χ3n) is 5.04. The second-order valence-electron chi connectivity index (χ2n) is 7.15. The second-order valence-corrected chi connectivity index (χ2v) is 8.38.